The zero-order valence-corrected chi connectivity index (χ0v) is 17.5. The van der Waals surface area contributed by atoms with E-state index in [-0.39, 0.29) is 18.1 Å². The second kappa shape index (κ2) is 8.83. The Bertz CT molecular complexity index is 1280. The van der Waals surface area contributed by atoms with Crippen molar-refractivity contribution < 1.29 is 9.53 Å². The van der Waals surface area contributed by atoms with E-state index in [0.29, 0.717) is 22.5 Å². The molecule has 1 amide bonds. The molecule has 0 radical (unpaired) electrons. The Hall–Kier alpha value is -3.93. The summed E-state index contributed by atoms with van der Waals surface area (Å²) >= 11 is 0. The third kappa shape index (κ3) is 4.48. The number of para-hydroxylation sites is 1. The molecule has 4 aromatic rings. The molecular weight excluding hydrogens is 390 g/mol. The average molecular weight is 413 g/mol. The third-order valence-electron chi connectivity index (χ3n) is 5.11. The van der Waals surface area contributed by atoms with Crippen LogP contribution in [0.5, 0.6) is 5.75 Å². The highest BCUT2D eigenvalue weighted by atomic mass is 16.5. The molecule has 31 heavy (non-hydrogen) atoms. The number of aromatic nitrogens is 2. The number of hydrogen-bond donors (Lipinski definition) is 1. The molecule has 3 aromatic carbocycles. The summed E-state index contributed by atoms with van der Waals surface area (Å²) in [4.78, 5) is 29.4. The Labute approximate surface area is 180 Å². The van der Waals surface area contributed by atoms with E-state index in [9.17, 15) is 9.59 Å². The maximum absolute atomic E-state index is 12.6. The maximum atomic E-state index is 12.6. The number of aryl methyl sites for hydroxylation is 1. The first-order chi connectivity index (χ1) is 15.0. The van der Waals surface area contributed by atoms with Gasteiger partial charge in [0.2, 0.25) is 0 Å². The minimum absolute atomic E-state index is 0.0930. The van der Waals surface area contributed by atoms with Crippen LogP contribution >= 0.6 is 0 Å². The highest BCUT2D eigenvalue weighted by Gasteiger charge is 2.10. The van der Waals surface area contributed by atoms with Crippen LogP contribution in [0.2, 0.25) is 0 Å². The molecule has 0 bridgehead atoms. The second-order valence-electron chi connectivity index (χ2n) is 7.23. The summed E-state index contributed by atoms with van der Waals surface area (Å²) in [5, 5.41) is 3.41. The smallest absolute Gasteiger partial charge is 0.262 e. The molecule has 4 rings (SSSR count). The van der Waals surface area contributed by atoms with Crippen LogP contribution in [0.1, 0.15) is 12.5 Å². The number of fused-ring (bicyclic) bond motifs is 1. The van der Waals surface area contributed by atoms with Crippen LogP contribution in [0.25, 0.3) is 22.3 Å². The molecule has 0 saturated carbocycles. The Balaban J connectivity index is 1.44. The fraction of sp³-hybridized carbons (Fsp3) is 0.160. The number of benzene rings is 3. The Morgan fingerprint density at radius 2 is 1.71 bits per heavy atom. The van der Waals surface area contributed by atoms with Crippen LogP contribution in [0, 0.1) is 0 Å². The van der Waals surface area contributed by atoms with Crippen molar-refractivity contribution >= 4 is 22.5 Å². The van der Waals surface area contributed by atoms with E-state index in [1.54, 1.807) is 25.2 Å². The van der Waals surface area contributed by atoms with Crippen molar-refractivity contribution in [3.63, 3.8) is 0 Å². The first-order valence-corrected chi connectivity index (χ1v) is 10.1. The van der Waals surface area contributed by atoms with Crippen molar-refractivity contribution in [2.75, 3.05) is 11.9 Å². The predicted octanol–water partition coefficient (Wildman–Crippen LogP) is 4.18. The molecule has 1 aromatic heterocycles. The van der Waals surface area contributed by atoms with Gasteiger partial charge in [-0.3, -0.25) is 14.2 Å². The summed E-state index contributed by atoms with van der Waals surface area (Å²) in [6.45, 7) is 1.99. The molecule has 1 heterocycles. The number of anilines is 1. The summed E-state index contributed by atoms with van der Waals surface area (Å²) in [6.07, 6.45) is 0.955. The largest absolute Gasteiger partial charge is 0.484 e. The summed E-state index contributed by atoms with van der Waals surface area (Å²) < 4.78 is 7.14. The number of nitrogens with zero attached hydrogens (tertiary/aromatic N) is 2. The zero-order chi connectivity index (χ0) is 21.8. The fourth-order valence-corrected chi connectivity index (χ4v) is 3.35. The van der Waals surface area contributed by atoms with Crippen molar-refractivity contribution in [1.29, 1.82) is 0 Å². The molecule has 0 aliphatic rings. The van der Waals surface area contributed by atoms with E-state index < -0.39 is 0 Å². The van der Waals surface area contributed by atoms with Crippen LogP contribution < -0.4 is 15.6 Å². The number of nitrogens with one attached hydrogen (secondary N) is 1. The highest BCUT2D eigenvalue weighted by molar-refractivity contribution is 5.91. The van der Waals surface area contributed by atoms with Gasteiger partial charge >= 0.3 is 0 Å². The molecule has 0 aliphatic carbocycles. The fourth-order valence-electron chi connectivity index (χ4n) is 3.35. The van der Waals surface area contributed by atoms with E-state index in [2.05, 4.69) is 17.2 Å². The van der Waals surface area contributed by atoms with Crippen LogP contribution in [0.4, 0.5) is 5.69 Å². The zero-order valence-electron chi connectivity index (χ0n) is 17.5. The lowest BCUT2D eigenvalue weighted by atomic mass is 10.1. The number of ether oxygens (including phenoxy) is 1. The minimum Gasteiger partial charge on any atom is -0.484 e. The average Bonchev–Trinajstić information content (AvgIpc) is 2.81. The molecule has 0 aliphatic heterocycles. The van der Waals surface area contributed by atoms with Gasteiger partial charge in [0.1, 0.15) is 11.6 Å². The van der Waals surface area contributed by atoms with Crippen molar-refractivity contribution in [3.05, 3.63) is 88.7 Å². The lowest BCUT2D eigenvalue weighted by molar-refractivity contribution is -0.118. The van der Waals surface area contributed by atoms with Gasteiger partial charge in [0.25, 0.3) is 11.5 Å². The van der Waals surface area contributed by atoms with Crippen molar-refractivity contribution in [1.82, 2.24) is 9.55 Å². The van der Waals surface area contributed by atoms with Gasteiger partial charge in [-0.1, -0.05) is 31.2 Å². The monoisotopic (exact) mass is 413 g/mol. The van der Waals surface area contributed by atoms with E-state index in [1.807, 2.05) is 54.6 Å². The quantitative estimate of drug-likeness (QED) is 0.515. The van der Waals surface area contributed by atoms with Crippen LogP contribution in [0.15, 0.2) is 77.6 Å². The standard InChI is InChI=1S/C25H23N3O3/c1-3-17-8-12-19(13-9-17)26-23(29)16-31-20-14-10-18(11-15-20)24-27-22-7-5-4-6-21(22)25(30)28(24)2/h4-15H,3,16H2,1-2H3,(H,26,29). The van der Waals surface area contributed by atoms with Crippen molar-refractivity contribution in [2.24, 2.45) is 7.05 Å². The molecule has 1 N–H and O–H groups in total. The summed E-state index contributed by atoms with van der Waals surface area (Å²) in [5.74, 6) is 0.904. The first kappa shape index (κ1) is 20.3. The lowest BCUT2D eigenvalue weighted by Crippen LogP contribution is -2.20. The molecule has 0 atom stereocenters. The molecule has 6 heteroatoms. The van der Waals surface area contributed by atoms with E-state index in [0.717, 1.165) is 17.7 Å². The number of carbonyl (C=O) groups excluding carboxylic acids is 1. The molecule has 156 valence electrons. The van der Waals surface area contributed by atoms with Gasteiger partial charge in [0.15, 0.2) is 6.61 Å². The first-order valence-electron chi connectivity index (χ1n) is 10.1. The number of rotatable bonds is 6. The summed E-state index contributed by atoms with van der Waals surface area (Å²) in [6, 6.07) is 22.2. The van der Waals surface area contributed by atoms with Gasteiger partial charge < -0.3 is 10.1 Å². The molecule has 0 saturated heterocycles. The summed E-state index contributed by atoms with van der Waals surface area (Å²) in [7, 11) is 1.71. The van der Waals surface area contributed by atoms with Gasteiger partial charge in [0.05, 0.1) is 10.9 Å². The molecule has 0 fully saturated rings. The minimum atomic E-state index is -0.230. The normalized spacial score (nSPS) is 10.8. The molecule has 0 spiro atoms. The van der Waals surface area contributed by atoms with E-state index in [4.69, 9.17) is 4.74 Å². The highest BCUT2D eigenvalue weighted by Crippen LogP contribution is 2.21. The topological polar surface area (TPSA) is 73.2 Å². The third-order valence-corrected chi connectivity index (χ3v) is 5.11. The summed E-state index contributed by atoms with van der Waals surface area (Å²) in [5.41, 5.74) is 3.31. The van der Waals surface area contributed by atoms with Crippen molar-refractivity contribution in [3.8, 4) is 17.1 Å². The van der Waals surface area contributed by atoms with E-state index in [1.165, 1.54) is 10.1 Å². The second-order valence-corrected chi connectivity index (χ2v) is 7.23. The number of amides is 1. The van der Waals surface area contributed by atoms with Crippen LogP contribution in [-0.2, 0) is 18.3 Å². The molecule has 0 unspecified atom stereocenters. The van der Waals surface area contributed by atoms with Gasteiger partial charge in [-0.05, 0) is 60.5 Å². The Morgan fingerprint density at radius 1 is 1.00 bits per heavy atom. The number of carbonyl (C=O) groups is 1. The maximum Gasteiger partial charge on any atom is 0.262 e. The van der Waals surface area contributed by atoms with Gasteiger partial charge in [-0.15, -0.1) is 0 Å². The van der Waals surface area contributed by atoms with Crippen LogP contribution in [-0.4, -0.2) is 22.1 Å². The van der Waals surface area contributed by atoms with Crippen LogP contribution in [0.3, 0.4) is 0 Å². The molecule has 6 nitrogen and oxygen atoms in total. The Kier molecular flexibility index (Phi) is 5.80. The van der Waals surface area contributed by atoms with Crippen molar-refractivity contribution in [2.45, 2.75) is 13.3 Å². The van der Waals surface area contributed by atoms with Gasteiger partial charge in [0, 0.05) is 18.3 Å². The molecular formula is C25H23N3O3. The predicted molar refractivity (Wildman–Crippen MR) is 122 cm³/mol. The SMILES string of the molecule is CCc1ccc(NC(=O)COc2ccc(-c3nc4ccccc4c(=O)n3C)cc2)cc1. The number of hydrogen-bond acceptors (Lipinski definition) is 4. The Morgan fingerprint density at radius 3 is 2.42 bits per heavy atom. The van der Waals surface area contributed by atoms with E-state index >= 15 is 0 Å². The van der Waals surface area contributed by atoms with Gasteiger partial charge in [-0.2, -0.15) is 0 Å². The van der Waals surface area contributed by atoms with Gasteiger partial charge in [-0.25, -0.2) is 4.98 Å². The lowest BCUT2D eigenvalue weighted by Gasteiger charge is -2.11.